The van der Waals surface area contributed by atoms with Crippen LogP contribution in [0.5, 0.6) is 0 Å². The summed E-state index contributed by atoms with van der Waals surface area (Å²) in [6, 6.07) is 8.20. The van der Waals surface area contributed by atoms with Gasteiger partial charge in [0, 0.05) is 12.1 Å². The van der Waals surface area contributed by atoms with E-state index in [0.29, 0.717) is 22.4 Å². The van der Waals surface area contributed by atoms with Crippen molar-refractivity contribution in [2.24, 2.45) is 0 Å². The third-order valence-corrected chi connectivity index (χ3v) is 4.62. The highest BCUT2D eigenvalue weighted by molar-refractivity contribution is 8.00. The minimum absolute atomic E-state index is 0.139. The standard InChI is InChI=1S/C17H19FN6OS/c1-10(2)24-14(8-9-19-24)20-16(25)11(3)26-17-21-15(22-23-17)12-6-4-5-7-13(12)18/h4-11H,1-3H3,(H,20,25)(H,21,22,23). The highest BCUT2D eigenvalue weighted by atomic mass is 32.2. The summed E-state index contributed by atoms with van der Waals surface area (Å²) in [6.07, 6.45) is 1.64. The molecule has 136 valence electrons. The molecule has 0 aliphatic heterocycles. The minimum atomic E-state index is -0.435. The topological polar surface area (TPSA) is 88.5 Å². The zero-order chi connectivity index (χ0) is 18.7. The van der Waals surface area contributed by atoms with Gasteiger partial charge < -0.3 is 5.32 Å². The van der Waals surface area contributed by atoms with Crippen LogP contribution in [0.4, 0.5) is 10.2 Å². The average molecular weight is 374 g/mol. The third kappa shape index (κ3) is 3.93. The van der Waals surface area contributed by atoms with Crippen LogP contribution in [0, 0.1) is 5.82 Å². The number of amides is 1. The lowest BCUT2D eigenvalue weighted by atomic mass is 10.2. The number of anilines is 1. The number of halogens is 1. The third-order valence-electron chi connectivity index (χ3n) is 3.66. The van der Waals surface area contributed by atoms with E-state index in [2.05, 4.69) is 25.6 Å². The van der Waals surface area contributed by atoms with Crippen LogP contribution in [0.2, 0.25) is 0 Å². The molecule has 0 spiro atoms. The first kappa shape index (κ1) is 18.1. The summed E-state index contributed by atoms with van der Waals surface area (Å²) in [5, 5.41) is 13.8. The second-order valence-corrected chi connectivity index (χ2v) is 7.26. The lowest BCUT2D eigenvalue weighted by Gasteiger charge is -2.14. The van der Waals surface area contributed by atoms with E-state index < -0.39 is 5.25 Å². The number of H-pyrrole nitrogens is 1. The minimum Gasteiger partial charge on any atom is -0.310 e. The van der Waals surface area contributed by atoms with E-state index in [9.17, 15) is 9.18 Å². The molecule has 9 heteroatoms. The number of aromatic nitrogens is 5. The van der Waals surface area contributed by atoms with Gasteiger partial charge >= 0.3 is 0 Å². The van der Waals surface area contributed by atoms with Gasteiger partial charge in [-0.1, -0.05) is 23.9 Å². The predicted molar refractivity (Wildman–Crippen MR) is 98.3 cm³/mol. The quantitative estimate of drug-likeness (QED) is 0.645. The van der Waals surface area contributed by atoms with Gasteiger partial charge in [-0.15, -0.1) is 5.10 Å². The fraction of sp³-hybridized carbons (Fsp3) is 0.294. The largest absolute Gasteiger partial charge is 0.310 e. The van der Waals surface area contributed by atoms with Crippen molar-refractivity contribution in [2.75, 3.05) is 5.32 Å². The number of benzene rings is 1. The Labute approximate surface area is 154 Å². The molecule has 3 rings (SSSR count). The number of hydrogen-bond acceptors (Lipinski definition) is 5. The molecule has 1 atom stereocenters. The van der Waals surface area contributed by atoms with Crippen LogP contribution in [0.25, 0.3) is 11.4 Å². The number of thioether (sulfide) groups is 1. The fourth-order valence-corrected chi connectivity index (χ4v) is 3.06. The molecule has 1 aromatic carbocycles. The summed E-state index contributed by atoms with van der Waals surface area (Å²) in [5.74, 6) is 0.401. The summed E-state index contributed by atoms with van der Waals surface area (Å²) < 4.78 is 15.6. The summed E-state index contributed by atoms with van der Waals surface area (Å²) >= 11 is 1.19. The lowest BCUT2D eigenvalue weighted by Crippen LogP contribution is -2.24. The molecule has 2 aromatic heterocycles. The van der Waals surface area contributed by atoms with Crippen molar-refractivity contribution >= 4 is 23.5 Å². The molecule has 2 heterocycles. The maximum Gasteiger partial charge on any atom is 0.238 e. The van der Waals surface area contributed by atoms with Crippen LogP contribution < -0.4 is 5.32 Å². The summed E-state index contributed by atoms with van der Waals surface area (Å²) in [5.41, 5.74) is 0.338. The molecule has 2 N–H and O–H groups in total. The SMILES string of the molecule is CC(Sc1n[nH]c(-c2ccccc2F)n1)C(=O)Nc1ccnn1C(C)C. The zero-order valence-electron chi connectivity index (χ0n) is 14.6. The number of nitrogens with zero attached hydrogens (tertiary/aromatic N) is 4. The van der Waals surface area contributed by atoms with Gasteiger partial charge in [0.25, 0.3) is 0 Å². The molecule has 26 heavy (non-hydrogen) atoms. The van der Waals surface area contributed by atoms with Gasteiger partial charge in [-0.05, 0) is 32.9 Å². The zero-order valence-corrected chi connectivity index (χ0v) is 15.4. The molecule has 1 unspecified atom stereocenters. The molecule has 0 saturated carbocycles. The van der Waals surface area contributed by atoms with E-state index in [4.69, 9.17) is 0 Å². The van der Waals surface area contributed by atoms with Crippen LogP contribution in [0.1, 0.15) is 26.8 Å². The number of carbonyl (C=O) groups is 1. The van der Waals surface area contributed by atoms with Crippen molar-refractivity contribution in [2.45, 2.75) is 37.2 Å². The molecule has 0 fully saturated rings. The van der Waals surface area contributed by atoms with Crippen LogP contribution in [0.15, 0.2) is 41.7 Å². The van der Waals surface area contributed by atoms with Gasteiger partial charge in [0.05, 0.1) is 17.0 Å². The van der Waals surface area contributed by atoms with E-state index in [1.807, 2.05) is 13.8 Å². The molecular formula is C17H19FN6OS. The Bertz CT molecular complexity index is 906. The number of nitrogens with one attached hydrogen (secondary N) is 2. The summed E-state index contributed by atoms with van der Waals surface area (Å²) in [7, 11) is 0. The van der Waals surface area contributed by atoms with E-state index in [1.54, 1.807) is 42.1 Å². The number of hydrogen-bond donors (Lipinski definition) is 2. The monoisotopic (exact) mass is 374 g/mol. The van der Waals surface area contributed by atoms with E-state index in [-0.39, 0.29) is 17.8 Å². The fourth-order valence-electron chi connectivity index (χ4n) is 2.34. The second-order valence-electron chi connectivity index (χ2n) is 5.95. The van der Waals surface area contributed by atoms with Crippen LogP contribution in [-0.2, 0) is 4.79 Å². The smallest absolute Gasteiger partial charge is 0.238 e. The predicted octanol–water partition coefficient (Wildman–Crippen LogP) is 3.51. The van der Waals surface area contributed by atoms with E-state index in [0.717, 1.165) is 0 Å². The Hall–Kier alpha value is -2.68. The van der Waals surface area contributed by atoms with Gasteiger partial charge in [0.15, 0.2) is 5.82 Å². The average Bonchev–Trinajstić information content (AvgIpc) is 3.24. The Morgan fingerprint density at radius 2 is 2.04 bits per heavy atom. The van der Waals surface area contributed by atoms with Crippen molar-refractivity contribution in [3.05, 3.63) is 42.3 Å². The first-order valence-corrected chi connectivity index (χ1v) is 9.02. The maximum absolute atomic E-state index is 13.8. The molecule has 1 amide bonds. The normalized spacial score (nSPS) is 12.3. The molecular weight excluding hydrogens is 355 g/mol. The molecule has 7 nitrogen and oxygen atoms in total. The Balaban J connectivity index is 1.66. The maximum atomic E-state index is 13.8. The van der Waals surface area contributed by atoms with Crippen molar-refractivity contribution in [3.8, 4) is 11.4 Å². The molecule has 0 radical (unpaired) electrons. The first-order valence-electron chi connectivity index (χ1n) is 8.14. The molecule has 0 aliphatic carbocycles. The van der Waals surface area contributed by atoms with Crippen molar-refractivity contribution in [1.82, 2.24) is 25.0 Å². The highest BCUT2D eigenvalue weighted by Crippen LogP contribution is 2.25. The van der Waals surface area contributed by atoms with Gasteiger partial charge in [-0.3, -0.25) is 9.89 Å². The van der Waals surface area contributed by atoms with Crippen LogP contribution >= 0.6 is 11.8 Å². The summed E-state index contributed by atoms with van der Waals surface area (Å²) in [4.78, 5) is 16.7. The van der Waals surface area contributed by atoms with E-state index in [1.165, 1.54) is 17.8 Å². The van der Waals surface area contributed by atoms with Crippen molar-refractivity contribution in [3.63, 3.8) is 0 Å². The molecule has 0 saturated heterocycles. The van der Waals surface area contributed by atoms with Crippen molar-refractivity contribution in [1.29, 1.82) is 0 Å². The van der Waals surface area contributed by atoms with Gasteiger partial charge in [0.2, 0.25) is 11.1 Å². The highest BCUT2D eigenvalue weighted by Gasteiger charge is 2.20. The van der Waals surface area contributed by atoms with Gasteiger partial charge in [-0.2, -0.15) is 5.10 Å². The Morgan fingerprint density at radius 1 is 1.27 bits per heavy atom. The van der Waals surface area contributed by atoms with Gasteiger partial charge in [-0.25, -0.2) is 14.1 Å². The number of aromatic amines is 1. The number of rotatable bonds is 6. The molecule has 3 aromatic rings. The molecule has 0 bridgehead atoms. The summed E-state index contributed by atoms with van der Waals surface area (Å²) in [6.45, 7) is 5.73. The van der Waals surface area contributed by atoms with Gasteiger partial charge in [0.1, 0.15) is 11.6 Å². The first-order chi connectivity index (χ1) is 12.5. The van der Waals surface area contributed by atoms with Crippen LogP contribution in [0.3, 0.4) is 0 Å². The lowest BCUT2D eigenvalue weighted by molar-refractivity contribution is -0.115. The Morgan fingerprint density at radius 3 is 2.77 bits per heavy atom. The molecule has 0 aliphatic rings. The second kappa shape index (κ2) is 7.69. The van der Waals surface area contributed by atoms with E-state index >= 15 is 0 Å². The van der Waals surface area contributed by atoms with Crippen LogP contribution in [-0.4, -0.2) is 36.1 Å². The number of carbonyl (C=O) groups excluding carboxylic acids is 1. The van der Waals surface area contributed by atoms with Crippen molar-refractivity contribution < 1.29 is 9.18 Å². The Kier molecular flexibility index (Phi) is 5.36.